The standard InChI is InChI=1S/C22H16FN3O2/c1-14-2-4-16(5-3-14)21-25-26-22(28-21)17-8-6-15(7-9-17)20(27)24-19-12-10-18(23)11-13-19/h2-13H,1H3,(H,24,27). The van der Waals surface area contributed by atoms with Crippen molar-refractivity contribution in [3.63, 3.8) is 0 Å². The van der Waals surface area contributed by atoms with Gasteiger partial charge in [-0.2, -0.15) is 0 Å². The Hall–Kier alpha value is -3.80. The minimum atomic E-state index is -0.355. The summed E-state index contributed by atoms with van der Waals surface area (Å²) in [5.41, 5.74) is 3.70. The van der Waals surface area contributed by atoms with Gasteiger partial charge in [-0.25, -0.2) is 4.39 Å². The SMILES string of the molecule is Cc1ccc(-c2nnc(-c3ccc(C(=O)Nc4ccc(F)cc4)cc3)o2)cc1. The van der Waals surface area contributed by atoms with Crippen molar-refractivity contribution in [3.05, 3.63) is 89.7 Å². The van der Waals surface area contributed by atoms with Crippen molar-refractivity contribution in [2.75, 3.05) is 5.32 Å². The Morgan fingerprint density at radius 3 is 1.93 bits per heavy atom. The maximum atomic E-state index is 12.9. The number of anilines is 1. The first kappa shape index (κ1) is 17.6. The van der Waals surface area contributed by atoms with Crippen LogP contribution in [-0.2, 0) is 0 Å². The second kappa shape index (κ2) is 7.44. The number of amides is 1. The van der Waals surface area contributed by atoms with Gasteiger partial charge in [0.1, 0.15) is 5.82 Å². The van der Waals surface area contributed by atoms with Gasteiger partial charge in [-0.1, -0.05) is 17.7 Å². The van der Waals surface area contributed by atoms with Gasteiger partial charge in [0.05, 0.1) is 0 Å². The lowest BCUT2D eigenvalue weighted by Gasteiger charge is -2.05. The summed E-state index contributed by atoms with van der Waals surface area (Å²) in [6.07, 6.45) is 0. The number of aryl methyl sites for hydroxylation is 1. The molecule has 138 valence electrons. The molecular weight excluding hydrogens is 357 g/mol. The highest BCUT2D eigenvalue weighted by Crippen LogP contribution is 2.24. The van der Waals surface area contributed by atoms with Crippen molar-refractivity contribution in [1.29, 1.82) is 0 Å². The molecule has 0 bridgehead atoms. The third-order valence-corrected chi connectivity index (χ3v) is 4.22. The van der Waals surface area contributed by atoms with E-state index in [-0.39, 0.29) is 11.7 Å². The fraction of sp³-hybridized carbons (Fsp3) is 0.0455. The maximum Gasteiger partial charge on any atom is 0.255 e. The van der Waals surface area contributed by atoms with Gasteiger partial charge in [0.2, 0.25) is 11.8 Å². The minimum Gasteiger partial charge on any atom is -0.416 e. The molecular formula is C22H16FN3O2. The van der Waals surface area contributed by atoms with E-state index in [1.54, 1.807) is 24.3 Å². The van der Waals surface area contributed by atoms with Crippen LogP contribution in [0.1, 0.15) is 15.9 Å². The maximum absolute atomic E-state index is 12.9. The van der Waals surface area contributed by atoms with Crippen LogP contribution in [-0.4, -0.2) is 16.1 Å². The fourth-order valence-corrected chi connectivity index (χ4v) is 2.65. The van der Waals surface area contributed by atoms with E-state index in [1.807, 2.05) is 31.2 Å². The van der Waals surface area contributed by atoms with Gasteiger partial charge in [-0.3, -0.25) is 4.79 Å². The highest BCUT2D eigenvalue weighted by Gasteiger charge is 2.12. The lowest BCUT2D eigenvalue weighted by atomic mass is 10.1. The quantitative estimate of drug-likeness (QED) is 0.540. The van der Waals surface area contributed by atoms with E-state index < -0.39 is 0 Å². The Labute approximate surface area is 160 Å². The van der Waals surface area contributed by atoms with Crippen molar-refractivity contribution in [3.8, 4) is 22.9 Å². The van der Waals surface area contributed by atoms with E-state index in [0.717, 1.165) is 11.1 Å². The molecule has 5 nitrogen and oxygen atoms in total. The Bertz CT molecular complexity index is 1100. The Morgan fingerprint density at radius 1 is 0.821 bits per heavy atom. The largest absolute Gasteiger partial charge is 0.416 e. The lowest BCUT2D eigenvalue weighted by Crippen LogP contribution is -2.11. The number of aromatic nitrogens is 2. The zero-order valence-corrected chi connectivity index (χ0v) is 15.0. The van der Waals surface area contributed by atoms with Crippen molar-refractivity contribution < 1.29 is 13.6 Å². The number of hydrogen-bond acceptors (Lipinski definition) is 4. The zero-order chi connectivity index (χ0) is 19.5. The summed E-state index contributed by atoms with van der Waals surface area (Å²) in [6.45, 7) is 2.01. The smallest absolute Gasteiger partial charge is 0.255 e. The van der Waals surface area contributed by atoms with E-state index in [2.05, 4.69) is 15.5 Å². The first-order valence-corrected chi connectivity index (χ1v) is 8.66. The minimum absolute atomic E-state index is 0.288. The number of nitrogens with one attached hydrogen (secondary N) is 1. The number of carbonyl (C=O) groups excluding carboxylic acids is 1. The molecule has 0 fully saturated rings. The molecule has 0 saturated carbocycles. The normalized spacial score (nSPS) is 10.6. The number of benzene rings is 3. The zero-order valence-electron chi connectivity index (χ0n) is 15.0. The van der Waals surface area contributed by atoms with Crippen LogP contribution in [0.5, 0.6) is 0 Å². The summed E-state index contributed by atoms with van der Waals surface area (Å²) in [5.74, 6) is 0.171. The van der Waals surface area contributed by atoms with Crippen molar-refractivity contribution in [2.45, 2.75) is 6.92 Å². The summed E-state index contributed by atoms with van der Waals surface area (Å²) >= 11 is 0. The van der Waals surface area contributed by atoms with Crippen molar-refractivity contribution in [2.24, 2.45) is 0 Å². The molecule has 1 aromatic heterocycles. The number of hydrogen-bond donors (Lipinski definition) is 1. The fourth-order valence-electron chi connectivity index (χ4n) is 2.65. The molecule has 3 aromatic carbocycles. The predicted octanol–water partition coefficient (Wildman–Crippen LogP) is 5.10. The van der Waals surface area contributed by atoms with Crippen molar-refractivity contribution >= 4 is 11.6 Å². The van der Waals surface area contributed by atoms with Crippen LogP contribution in [0.2, 0.25) is 0 Å². The van der Waals surface area contributed by atoms with Crippen LogP contribution < -0.4 is 5.32 Å². The Balaban J connectivity index is 1.49. The number of nitrogens with zero attached hydrogens (tertiary/aromatic N) is 2. The first-order valence-electron chi connectivity index (χ1n) is 8.66. The van der Waals surface area contributed by atoms with E-state index in [9.17, 15) is 9.18 Å². The lowest BCUT2D eigenvalue weighted by molar-refractivity contribution is 0.102. The van der Waals surface area contributed by atoms with Crippen LogP contribution >= 0.6 is 0 Å². The molecule has 4 aromatic rings. The van der Waals surface area contributed by atoms with Gasteiger partial charge in [0, 0.05) is 22.4 Å². The molecule has 0 aliphatic rings. The van der Waals surface area contributed by atoms with Gasteiger partial charge >= 0.3 is 0 Å². The van der Waals surface area contributed by atoms with E-state index in [1.165, 1.54) is 24.3 Å². The Kier molecular flexibility index (Phi) is 4.68. The third kappa shape index (κ3) is 3.81. The molecule has 1 N–H and O–H groups in total. The van der Waals surface area contributed by atoms with E-state index >= 15 is 0 Å². The third-order valence-electron chi connectivity index (χ3n) is 4.22. The molecule has 0 radical (unpaired) electrons. The number of carbonyl (C=O) groups is 1. The highest BCUT2D eigenvalue weighted by atomic mass is 19.1. The summed E-state index contributed by atoms with van der Waals surface area (Å²) in [6, 6.07) is 20.2. The summed E-state index contributed by atoms with van der Waals surface area (Å²) < 4.78 is 18.7. The summed E-state index contributed by atoms with van der Waals surface area (Å²) in [7, 11) is 0. The number of halogens is 1. The monoisotopic (exact) mass is 373 g/mol. The molecule has 0 spiro atoms. The summed E-state index contributed by atoms with van der Waals surface area (Å²) in [4.78, 5) is 12.3. The van der Waals surface area contributed by atoms with Gasteiger partial charge < -0.3 is 9.73 Å². The average molecular weight is 373 g/mol. The second-order valence-corrected chi connectivity index (χ2v) is 6.32. The second-order valence-electron chi connectivity index (χ2n) is 6.32. The highest BCUT2D eigenvalue weighted by molar-refractivity contribution is 6.04. The van der Waals surface area contributed by atoms with Crippen molar-refractivity contribution in [1.82, 2.24) is 10.2 Å². The molecule has 0 saturated heterocycles. The van der Waals surface area contributed by atoms with Crippen LogP contribution in [0.4, 0.5) is 10.1 Å². The predicted molar refractivity (Wildman–Crippen MR) is 104 cm³/mol. The average Bonchev–Trinajstić information content (AvgIpc) is 3.20. The van der Waals surface area contributed by atoms with Gasteiger partial charge in [-0.15, -0.1) is 10.2 Å². The van der Waals surface area contributed by atoms with Crippen LogP contribution in [0.25, 0.3) is 22.9 Å². The molecule has 4 rings (SSSR count). The van der Waals surface area contributed by atoms with E-state index in [4.69, 9.17) is 4.42 Å². The molecule has 1 amide bonds. The van der Waals surface area contributed by atoms with Gasteiger partial charge in [0.15, 0.2) is 0 Å². The molecule has 28 heavy (non-hydrogen) atoms. The topological polar surface area (TPSA) is 68.0 Å². The Morgan fingerprint density at radius 2 is 1.36 bits per heavy atom. The molecule has 0 atom stereocenters. The molecule has 0 unspecified atom stereocenters. The van der Waals surface area contributed by atoms with E-state index in [0.29, 0.717) is 28.6 Å². The van der Waals surface area contributed by atoms with Gasteiger partial charge in [-0.05, 0) is 67.6 Å². The van der Waals surface area contributed by atoms with Gasteiger partial charge in [0.25, 0.3) is 5.91 Å². The van der Waals surface area contributed by atoms with Crippen LogP contribution in [0.3, 0.4) is 0 Å². The summed E-state index contributed by atoms with van der Waals surface area (Å²) in [5, 5.41) is 10.9. The number of rotatable bonds is 4. The molecule has 6 heteroatoms. The van der Waals surface area contributed by atoms with Crippen LogP contribution in [0, 0.1) is 12.7 Å². The first-order chi connectivity index (χ1) is 13.6. The molecule has 0 aliphatic carbocycles. The van der Waals surface area contributed by atoms with Crippen LogP contribution in [0.15, 0.2) is 77.2 Å². The molecule has 1 heterocycles. The molecule has 0 aliphatic heterocycles.